The highest BCUT2D eigenvalue weighted by molar-refractivity contribution is 6.01. The Balaban J connectivity index is 5.10. The number of hydrogen-bond acceptors (Lipinski definition) is 2. The molecule has 0 fully saturated rings. The molecule has 0 spiro atoms. The second-order valence-electron chi connectivity index (χ2n) is 5.00. The van der Waals surface area contributed by atoms with Gasteiger partial charge in [0.2, 0.25) is 5.91 Å². The number of carboxylic acids is 1. The second kappa shape index (κ2) is 6.42. The maximum absolute atomic E-state index is 12.2. The molecule has 0 unspecified atom stereocenters. The van der Waals surface area contributed by atoms with Crippen LogP contribution in [0.1, 0.15) is 41.5 Å². The van der Waals surface area contributed by atoms with Crippen LogP contribution >= 0.6 is 0 Å². The molecule has 0 saturated heterocycles. The number of hydrogen-bond donors (Lipinski definition) is 1. The van der Waals surface area contributed by atoms with E-state index in [4.69, 9.17) is 5.11 Å². The van der Waals surface area contributed by atoms with Gasteiger partial charge in [-0.15, -0.1) is 0 Å². The second-order valence-corrected chi connectivity index (χ2v) is 5.00. The number of aliphatic carboxylic acids is 1. The molecular weight excluding hydrogens is 218 g/mol. The standard InChI is InChI=1S/C13H23NO3/c1-8(2)7-14(9(3)4)12(15)10(5)11(6)13(16)17/h8-9H,7H2,1-6H3,(H,16,17). The zero-order valence-corrected chi connectivity index (χ0v) is 11.6. The average Bonchev–Trinajstić information content (AvgIpc) is 2.21. The first-order valence-corrected chi connectivity index (χ1v) is 5.90. The van der Waals surface area contributed by atoms with Crippen molar-refractivity contribution in [1.82, 2.24) is 4.90 Å². The first kappa shape index (κ1) is 15.7. The van der Waals surface area contributed by atoms with Crippen molar-refractivity contribution in [3.8, 4) is 0 Å². The molecule has 1 amide bonds. The largest absolute Gasteiger partial charge is 0.478 e. The summed E-state index contributed by atoms with van der Waals surface area (Å²) in [5.74, 6) is -0.864. The Bertz CT molecular complexity index is 330. The minimum Gasteiger partial charge on any atom is -0.478 e. The van der Waals surface area contributed by atoms with Crippen molar-refractivity contribution in [3.63, 3.8) is 0 Å². The third-order valence-corrected chi connectivity index (χ3v) is 2.65. The molecule has 0 heterocycles. The van der Waals surface area contributed by atoms with Gasteiger partial charge in [-0.3, -0.25) is 4.79 Å². The Morgan fingerprint density at radius 2 is 1.53 bits per heavy atom. The summed E-state index contributed by atoms with van der Waals surface area (Å²) in [5.41, 5.74) is 0.427. The zero-order chi connectivity index (χ0) is 13.7. The molecule has 4 nitrogen and oxygen atoms in total. The molecule has 4 heteroatoms. The van der Waals surface area contributed by atoms with Crippen LogP contribution < -0.4 is 0 Å². The molecule has 0 radical (unpaired) electrons. The summed E-state index contributed by atoms with van der Waals surface area (Å²) in [6.45, 7) is 11.6. The van der Waals surface area contributed by atoms with Gasteiger partial charge in [0.1, 0.15) is 0 Å². The van der Waals surface area contributed by atoms with Crippen LogP contribution in [0.25, 0.3) is 0 Å². The van der Waals surface area contributed by atoms with E-state index in [1.807, 2.05) is 27.7 Å². The van der Waals surface area contributed by atoms with Crippen LogP contribution in [0.2, 0.25) is 0 Å². The van der Waals surface area contributed by atoms with Gasteiger partial charge >= 0.3 is 5.97 Å². The van der Waals surface area contributed by atoms with Gasteiger partial charge < -0.3 is 10.0 Å². The van der Waals surface area contributed by atoms with E-state index in [9.17, 15) is 9.59 Å². The van der Waals surface area contributed by atoms with Crippen molar-refractivity contribution in [2.24, 2.45) is 5.92 Å². The van der Waals surface area contributed by atoms with Crippen LogP contribution in [-0.4, -0.2) is 34.5 Å². The van der Waals surface area contributed by atoms with Crippen molar-refractivity contribution in [1.29, 1.82) is 0 Å². The molecule has 0 aliphatic heterocycles. The first-order valence-electron chi connectivity index (χ1n) is 5.90. The minimum absolute atomic E-state index is 0.0708. The number of amides is 1. The van der Waals surface area contributed by atoms with E-state index in [-0.39, 0.29) is 17.5 Å². The van der Waals surface area contributed by atoms with Gasteiger partial charge in [0.25, 0.3) is 0 Å². The monoisotopic (exact) mass is 241 g/mol. The lowest BCUT2D eigenvalue weighted by molar-refractivity contribution is -0.134. The maximum Gasteiger partial charge on any atom is 0.331 e. The molecule has 0 aliphatic rings. The van der Waals surface area contributed by atoms with E-state index in [1.165, 1.54) is 6.92 Å². The summed E-state index contributed by atoms with van der Waals surface area (Å²) in [6, 6.07) is 0.0708. The summed E-state index contributed by atoms with van der Waals surface area (Å²) >= 11 is 0. The van der Waals surface area contributed by atoms with Crippen LogP contribution in [0.4, 0.5) is 0 Å². The lowest BCUT2D eigenvalue weighted by Gasteiger charge is -2.29. The lowest BCUT2D eigenvalue weighted by Crippen LogP contribution is -2.40. The molecule has 0 bridgehead atoms. The molecule has 0 rings (SSSR count). The molecular formula is C13H23NO3. The van der Waals surface area contributed by atoms with Gasteiger partial charge in [-0.05, 0) is 33.6 Å². The van der Waals surface area contributed by atoms with Gasteiger partial charge in [-0.1, -0.05) is 13.8 Å². The van der Waals surface area contributed by atoms with E-state index in [1.54, 1.807) is 11.8 Å². The molecule has 17 heavy (non-hydrogen) atoms. The maximum atomic E-state index is 12.2. The van der Waals surface area contributed by atoms with Crippen molar-refractivity contribution >= 4 is 11.9 Å². The van der Waals surface area contributed by atoms with Gasteiger partial charge in [-0.2, -0.15) is 0 Å². The highest BCUT2D eigenvalue weighted by Crippen LogP contribution is 2.13. The summed E-state index contributed by atoms with van der Waals surface area (Å²) in [6.07, 6.45) is 0. The molecule has 98 valence electrons. The Kier molecular flexibility index (Phi) is 5.93. The normalized spacial score (nSPS) is 12.7. The molecule has 0 saturated carbocycles. The quantitative estimate of drug-likeness (QED) is 0.751. The highest BCUT2D eigenvalue weighted by Gasteiger charge is 2.22. The molecule has 0 atom stereocenters. The van der Waals surface area contributed by atoms with E-state index in [0.29, 0.717) is 18.0 Å². The fraction of sp³-hybridized carbons (Fsp3) is 0.692. The van der Waals surface area contributed by atoms with E-state index >= 15 is 0 Å². The van der Waals surface area contributed by atoms with Gasteiger partial charge in [0.05, 0.1) is 0 Å². The van der Waals surface area contributed by atoms with Crippen LogP contribution in [-0.2, 0) is 9.59 Å². The average molecular weight is 241 g/mol. The van der Waals surface area contributed by atoms with Gasteiger partial charge in [0.15, 0.2) is 0 Å². The minimum atomic E-state index is -1.04. The third kappa shape index (κ3) is 4.59. The Morgan fingerprint density at radius 3 is 1.82 bits per heavy atom. The van der Waals surface area contributed by atoms with Crippen molar-refractivity contribution in [2.45, 2.75) is 47.6 Å². The van der Waals surface area contributed by atoms with E-state index in [0.717, 1.165) is 0 Å². The zero-order valence-electron chi connectivity index (χ0n) is 11.6. The Morgan fingerprint density at radius 1 is 1.06 bits per heavy atom. The number of carbonyl (C=O) groups excluding carboxylic acids is 1. The summed E-state index contributed by atoms with van der Waals surface area (Å²) < 4.78 is 0. The number of carboxylic acid groups (broad SMARTS) is 1. The topological polar surface area (TPSA) is 57.6 Å². The Labute approximate surface area is 103 Å². The lowest BCUT2D eigenvalue weighted by atomic mass is 10.1. The number of nitrogens with zero attached hydrogens (tertiary/aromatic N) is 1. The predicted octanol–water partition coefficient (Wildman–Crippen LogP) is 2.30. The van der Waals surface area contributed by atoms with E-state index < -0.39 is 5.97 Å². The summed E-state index contributed by atoms with van der Waals surface area (Å²) in [7, 11) is 0. The van der Waals surface area contributed by atoms with E-state index in [2.05, 4.69) is 0 Å². The first-order chi connectivity index (χ1) is 7.68. The fourth-order valence-corrected chi connectivity index (χ4v) is 1.46. The fourth-order valence-electron chi connectivity index (χ4n) is 1.46. The van der Waals surface area contributed by atoms with Crippen LogP contribution in [0.15, 0.2) is 11.1 Å². The highest BCUT2D eigenvalue weighted by atomic mass is 16.4. The van der Waals surface area contributed by atoms with Crippen molar-refractivity contribution < 1.29 is 14.7 Å². The molecule has 0 aliphatic carbocycles. The number of carbonyl (C=O) groups is 2. The number of rotatable bonds is 5. The van der Waals surface area contributed by atoms with Crippen LogP contribution in [0.5, 0.6) is 0 Å². The molecule has 0 aromatic rings. The molecule has 0 aromatic heterocycles. The van der Waals surface area contributed by atoms with Crippen molar-refractivity contribution in [3.05, 3.63) is 11.1 Å². The SMILES string of the molecule is CC(C(=O)O)=C(C)C(=O)N(CC(C)C)C(C)C. The Hall–Kier alpha value is -1.32. The van der Waals surface area contributed by atoms with Crippen molar-refractivity contribution in [2.75, 3.05) is 6.54 Å². The third-order valence-electron chi connectivity index (χ3n) is 2.65. The predicted molar refractivity (Wildman–Crippen MR) is 67.7 cm³/mol. The summed E-state index contributed by atoms with van der Waals surface area (Å²) in [4.78, 5) is 24.7. The molecule has 1 N–H and O–H groups in total. The summed E-state index contributed by atoms with van der Waals surface area (Å²) in [5, 5.41) is 8.87. The smallest absolute Gasteiger partial charge is 0.331 e. The van der Waals surface area contributed by atoms with Crippen LogP contribution in [0.3, 0.4) is 0 Å². The van der Waals surface area contributed by atoms with Gasteiger partial charge in [-0.25, -0.2) is 4.79 Å². The van der Waals surface area contributed by atoms with Crippen LogP contribution in [0, 0.1) is 5.92 Å². The van der Waals surface area contributed by atoms with Gasteiger partial charge in [0, 0.05) is 23.7 Å². The molecule has 0 aromatic carbocycles.